The molecule has 1 fully saturated rings. The first kappa shape index (κ1) is 19.2. The van der Waals surface area contributed by atoms with Crippen LogP contribution in [0.25, 0.3) is 16.9 Å². The molecule has 2 heterocycles. The van der Waals surface area contributed by atoms with Gasteiger partial charge in [0.25, 0.3) is 5.91 Å². The molecule has 0 aliphatic carbocycles. The van der Waals surface area contributed by atoms with Crippen molar-refractivity contribution >= 4 is 5.91 Å². The van der Waals surface area contributed by atoms with Crippen molar-refractivity contribution in [3.05, 3.63) is 66.4 Å². The number of nitrogens with one attached hydrogen (secondary N) is 2. The lowest BCUT2D eigenvalue weighted by molar-refractivity contribution is 0.0952. The van der Waals surface area contributed by atoms with Crippen LogP contribution in [0.3, 0.4) is 0 Å². The topological polar surface area (TPSA) is 68.2 Å². The summed E-state index contributed by atoms with van der Waals surface area (Å²) in [5.74, 6) is 1.32. The van der Waals surface area contributed by atoms with E-state index in [9.17, 15) is 4.79 Å². The van der Waals surface area contributed by atoms with Gasteiger partial charge in [0.15, 0.2) is 0 Å². The van der Waals surface area contributed by atoms with Gasteiger partial charge in [-0.2, -0.15) is 5.10 Å². The molecule has 1 amide bonds. The maximum absolute atomic E-state index is 13.0. The molecule has 4 rings (SSSR count). The fourth-order valence-corrected chi connectivity index (χ4v) is 3.66. The molecule has 1 aliphatic heterocycles. The van der Waals surface area contributed by atoms with Crippen LogP contribution in [-0.2, 0) is 0 Å². The fraction of sp³-hybridized carbons (Fsp3) is 0.304. The summed E-state index contributed by atoms with van der Waals surface area (Å²) in [6, 6.07) is 17.4. The Morgan fingerprint density at radius 1 is 1.21 bits per heavy atom. The third-order valence-corrected chi connectivity index (χ3v) is 5.34. The summed E-state index contributed by atoms with van der Waals surface area (Å²) < 4.78 is 7.01. The van der Waals surface area contributed by atoms with Crippen LogP contribution < -0.4 is 15.4 Å². The number of aromatic nitrogens is 2. The Morgan fingerprint density at radius 3 is 2.69 bits per heavy atom. The second-order valence-electron chi connectivity index (χ2n) is 7.30. The molecule has 1 aliphatic rings. The maximum atomic E-state index is 13.0. The predicted molar refractivity (Wildman–Crippen MR) is 113 cm³/mol. The van der Waals surface area contributed by atoms with Crippen LogP contribution in [0.2, 0.25) is 0 Å². The van der Waals surface area contributed by atoms with E-state index in [1.54, 1.807) is 18.0 Å². The summed E-state index contributed by atoms with van der Waals surface area (Å²) in [6.45, 7) is 2.78. The Bertz CT molecular complexity index is 945. The Labute approximate surface area is 170 Å². The van der Waals surface area contributed by atoms with Crippen LogP contribution in [0, 0.1) is 5.92 Å². The van der Waals surface area contributed by atoms with Crippen molar-refractivity contribution in [2.75, 3.05) is 26.7 Å². The highest BCUT2D eigenvalue weighted by Crippen LogP contribution is 2.26. The predicted octanol–water partition coefficient (Wildman–Crippen LogP) is 3.28. The van der Waals surface area contributed by atoms with Crippen molar-refractivity contribution in [3.8, 4) is 22.7 Å². The van der Waals surface area contributed by atoms with E-state index in [1.807, 2.05) is 54.6 Å². The number of methoxy groups -OCH3 is 1. The highest BCUT2D eigenvalue weighted by Gasteiger charge is 2.20. The van der Waals surface area contributed by atoms with E-state index in [2.05, 4.69) is 10.6 Å². The first-order valence-electron chi connectivity index (χ1n) is 10.0. The molecule has 1 saturated heterocycles. The van der Waals surface area contributed by atoms with Crippen LogP contribution in [0.4, 0.5) is 0 Å². The number of amides is 1. The Hall–Kier alpha value is -3.12. The SMILES string of the molecule is COc1ccc(-c2nn(-c3ccccc3)cc2C(=O)NCCC2CCNC2)cc1. The average molecular weight is 390 g/mol. The van der Waals surface area contributed by atoms with Crippen LogP contribution in [-0.4, -0.2) is 42.4 Å². The second-order valence-corrected chi connectivity index (χ2v) is 7.30. The van der Waals surface area contributed by atoms with Gasteiger partial charge >= 0.3 is 0 Å². The van der Waals surface area contributed by atoms with Gasteiger partial charge in [-0.15, -0.1) is 0 Å². The second kappa shape index (κ2) is 8.92. The van der Waals surface area contributed by atoms with E-state index in [0.717, 1.165) is 36.5 Å². The molecule has 1 atom stereocenters. The molecule has 2 N–H and O–H groups in total. The molecule has 0 bridgehead atoms. The lowest BCUT2D eigenvalue weighted by Crippen LogP contribution is -2.26. The smallest absolute Gasteiger partial charge is 0.255 e. The number of ether oxygens (including phenoxy) is 1. The van der Waals surface area contributed by atoms with Crippen molar-refractivity contribution in [1.82, 2.24) is 20.4 Å². The van der Waals surface area contributed by atoms with Gasteiger partial charge in [0.2, 0.25) is 0 Å². The minimum absolute atomic E-state index is 0.0936. The molecule has 3 aromatic rings. The summed E-state index contributed by atoms with van der Waals surface area (Å²) in [6.07, 6.45) is 3.98. The van der Waals surface area contributed by atoms with Crippen LogP contribution in [0.5, 0.6) is 5.75 Å². The van der Waals surface area contributed by atoms with Gasteiger partial charge < -0.3 is 15.4 Å². The number of benzene rings is 2. The number of para-hydroxylation sites is 1. The van der Waals surface area contributed by atoms with Gasteiger partial charge in [-0.3, -0.25) is 4.79 Å². The van der Waals surface area contributed by atoms with Crippen molar-refractivity contribution < 1.29 is 9.53 Å². The molecule has 6 nitrogen and oxygen atoms in total. The zero-order valence-corrected chi connectivity index (χ0v) is 16.6. The molecule has 1 unspecified atom stereocenters. The van der Waals surface area contributed by atoms with E-state index in [0.29, 0.717) is 23.7 Å². The summed E-state index contributed by atoms with van der Waals surface area (Å²) in [5, 5.41) is 11.2. The zero-order valence-electron chi connectivity index (χ0n) is 16.6. The maximum Gasteiger partial charge on any atom is 0.255 e. The largest absolute Gasteiger partial charge is 0.497 e. The number of hydrogen-bond acceptors (Lipinski definition) is 4. The summed E-state index contributed by atoms with van der Waals surface area (Å²) in [7, 11) is 1.64. The van der Waals surface area contributed by atoms with Gasteiger partial charge in [-0.25, -0.2) is 4.68 Å². The van der Waals surface area contributed by atoms with E-state index < -0.39 is 0 Å². The van der Waals surface area contributed by atoms with Gasteiger partial charge in [0.1, 0.15) is 11.4 Å². The number of carbonyl (C=O) groups excluding carboxylic acids is 1. The summed E-state index contributed by atoms with van der Waals surface area (Å²) in [4.78, 5) is 13.0. The lowest BCUT2D eigenvalue weighted by atomic mass is 10.0. The van der Waals surface area contributed by atoms with Crippen LogP contribution in [0.1, 0.15) is 23.2 Å². The Kier molecular flexibility index (Phi) is 5.91. The number of nitrogens with zero attached hydrogens (tertiary/aromatic N) is 2. The van der Waals surface area contributed by atoms with Gasteiger partial charge in [0, 0.05) is 18.3 Å². The van der Waals surface area contributed by atoms with Gasteiger partial charge in [0.05, 0.1) is 18.4 Å². The molecule has 0 spiro atoms. The minimum atomic E-state index is -0.0936. The van der Waals surface area contributed by atoms with E-state index in [4.69, 9.17) is 9.84 Å². The highest BCUT2D eigenvalue weighted by atomic mass is 16.5. The lowest BCUT2D eigenvalue weighted by Gasteiger charge is -2.09. The van der Waals surface area contributed by atoms with Crippen molar-refractivity contribution in [2.45, 2.75) is 12.8 Å². The van der Waals surface area contributed by atoms with E-state index in [1.165, 1.54) is 6.42 Å². The average Bonchev–Trinajstić information content (AvgIpc) is 3.45. The standard InChI is InChI=1S/C23H26N4O2/c1-29-20-9-7-18(8-10-20)22-21(16-27(26-22)19-5-3-2-4-6-19)23(28)25-14-12-17-11-13-24-15-17/h2-10,16-17,24H,11-15H2,1H3,(H,25,28). The third kappa shape index (κ3) is 4.49. The normalized spacial score (nSPS) is 16.0. The van der Waals surface area contributed by atoms with E-state index in [-0.39, 0.29) is 5.91 Å². The van der Waals surface area contributed by atoms with Crippen molar-refractivity contribution in [1.29, 1.82) is 0 Å². The zero-order chi connectivity index (χ0) is 20.1. The van der Waals surface area contributed by atoms with Crippen LogP contribution in [0.15, 0.2) is 60.8 Å². The first-order valence-corrected chi connectivity index (χ1v) is 10.0. The molecular weight excluding hydrogens is 364 g/mol. The first-order chi connectivity index (χ1) is 14.2. The van der Waals surface area contributed by atoms with E-state index >= 15 is 0 Å². The van der Waals surface area contributed by atoms with Gasteiger partial charge in [-0.1, -0.05) is 18.2 Å². The molecular formula is C23H26N4O2. The molecule has 6 heteroatoms. The molecule has 0 saturated carbocycles. The van der Waals surface area contributed by atoms with Crippen molar-refractivity contribution in [2.24, 2.45) is 5.92 Å². The fourth-order valence-electron chi connectivity index (χ4n) is 3.66. The molecule has 0 radical (unpaired) electrons. The number of carbonyl (C=O) groups is 1. The highest BCUT2D eigenvalue weighted by molar-refractivity contribution is 5.99. The van der Waals surface area contributed by atoms with Gasteiger partial charge in [-0.05, 0) is 68.2 Å². The van der Waals surface area contributed by atoms with Crippen LogP contribution >= 0.6 is 0 Å². The molecule has 29 heavy (non-hydrogen) atoms. The summed E-state index contributed by atoms with van der Waals surface area (Å²) in [5.41, 5.74) is 3.03. The summed E-state index contributed by atoms with van der Waals surface area (Å²) >= 11 is 0. The molecule has 150 valence electrons. The monoisotopic (exact) mass is 390 g/mol. The Balaban J connectivity index is 1.59. The molecule has 2 aromatic carbocycles. The minimum Gasteiger partial charge on any atom is -0.497 e. The third-order valence-electron chi connectivity index (χ3n) is 5.34. The molecule has 1 aromatic heterocycles. The Morgan fingerprint density at radius 2 is 2.00 bits per heavy atom. The number of rotatable bonds is 7. The van der Waals surface area contributed by atoms with Crippen molar-refractivity contribution in [3.63, 3.8) is 0 Å². The number of hydrogen-bond donors (Lipinski definition) is 2. The quantitative estimate of drug-likeness (QED) is 0.650.